The summed E-state index contributed by atoms with van der Waals surface area (Å²) in [5, 5.41) is 0. The minimum Gasteiger partial charge on any atom is -0.330 e. The van der Waals surface area contributed by atoms with Gasteiger partial charge in [-0.2, -0.15) is 0 Å². The minimum atomic E-state index is 0.198. The number of hydrogen-bond donors (Lipinski definition) is 1. The summed E-state index contributed by atoms with van der Waals surface area (Å²) in [7, 11) is 0. The van der Waals surface area contributed by atoms with Gasteiger partial charge in [0.1, 0.15) is 0 Å². The predicted octanol–water partition coefficient (Wildman–Crippen LogP) is 2.58. The second-order valence-corrected chi connectivity index (χ2v) is 5.34. The van der Waals surface area contributed by atoms with E-state index in [-0.39, 0.29) is 4.75 Å². The Morgan fingerprint density at radius 2 is 2.00 bits per heavy atom. The van der Waals surface area contributed by atoms with Crippen LogP contribution in [-0.4, -0.2) is 17.4 Å². The second-order valence-electron chi connectivity index (χ2n) is 3.88. The zero-order chi connectivity index (χ0) is 9.61. The number of hydrogen-bond acceptors (Lipinski definition) is 3. The molecule has 2 N–H and O–H groups in total. The molecule has 0 atom stereocenters. The van der Waals surface area contributed by atoms with Gasteiger partial charge in [0.25, 0.3) is 0 Å². The highest BCUT2D eigenvalue weighted by molar-refractivity contribution is 7.96. The fourth-order valence-electron chi connectivity index (χ4n) is 0.796. The Kier molecular flexibility index (Phi) is 5.97. The Labute approximate surface area is 80.4 Å². The van der Waals surface area contributed by atoms with Crippen LogP contribution in [0.3, 0.4) is 0 Å². The van der Waals surface area contributed by atoms with Crippen molar-refractivity contribution in [2.24, 2.45) is 5.73 Å². The summed E-state index contributed by atoms with van der Waals surface area (Å²) in [6.07, 6.45) is 2.48. The van der Waals surface area contributed by atoms with Gasteiger partial charge in [-0.1, -0.05) is 0 Å². The summed E-state index contributed by atoms with van der Waals surface area (Å²) in [5.41, 5.74) is 5.44. The van der Waals surface area contributed by atoms with Crippen LogP contribution < -0.4 is 5.73 Å². The van der Waals surface area contributed by atoms with E-state index in [9.17, 15) is 0 Å². The minimum absolute atomic E-state index is 0.198. The molecular weight excluding hydrogens is 170 g/mol. The molecule has 0 aromatic heterocycles. The normalized spacial score (nSPS) is 12.5. The van der Waals surface area contributed by atoms with Crippen LogP contribution in [0.1, 0.15) is 40.5 Å². The molecule has 0 saturated heterocycles. The van der Waals surface area contributed by atoms with E-state index in [0.29, 0.717) is 6.10 Å². The first-order valence-corrected chi connectivity index (χ1v) is 5.26. The Morgan fingerprint density at radius 3 is 2.42 bits per heavy atom. The van der Waals surface area contributed by atoms with Gasteiger partial charge in [-0.3, -0.25) is 0 Å². The molecule has 0 bridgehead atoms. The van der Waals surface area contributed by atoms with Gasteiger partial charge in [0.05, 0.1) is 6.10 Å². The van der Waals surface area contributed by atoms with E-state index in [1.54, 1.807) is 12.0 Å². The van der Waals surface area contributed by atoms with Crippen LogP contribution in [0.15, 0.2) is 0 Å². The van der Waals surface area contributed by atoms with Crippen molar-refractivity contribution in [1.29, 1.82) is 0 Å². The number of rotatable bonds is 6. The molecule has 0 aliphatic rings. The molecule has 0 fully saturated rings. The summed E-state index contributed by atoms with van der Waals surface area (Å²) in [5.74, 6) is 0. The monoisotopic (exact) mass is 191 g/mol. The largest absolute Gasteiger partial charge is 0.330 e. The van der Waals surface area contributed by atoms with E-state index >= 15 is 0 Å². The van der Waals surface area contributed by atoms with Gasteiger partial charge in [0, 0.05) is 4.75 Å². The zero-order valence-electron chi connectivity index (χ0n) is 8.59. The van der Waals surface area contributed by atoms with Crippen molar-refractivity contribution in [1.82, 2.24) is 0 Å². The molecule has 0 spiro atoms. The van der Waals surface area contributed by atoms with Gasteiger partial charge in [-0.05, 0) is 59.1 Å². The molecular formula is C9H21NOS. The van der Waals surface area contributed by atoms with Gasteiger partial charge in [-0.15, -0.1) is 0 Å². The molecule has 2 nitrogen and oxygen atoms in total. The molecule has 0 aliphatic carbocycles. The predicted molar refractivity (Wildman–Crippen MR) is 56.2 cm³/mol. The third-order valence-electron chi connectivity index (χ3n) is 1.45. The lowest BCUT2D eigenvalue weighted by Crippen LogP contribution is -2.18. The molecule has 0 rings (SSSR count). The standard InChI is InChI=1S/C9H21NOS/c1-8(2)11-12-9(3,4)6-5-7-10/h8H,5-7,10H2,1-4H3. The molecule has 0 amide bonds. The summed E-state index contributed by atoms with van der Waals surface area (Å²) in [6.45, 7) is 9.25. The van der Waals surface area contributed by atoms with E-state index in [1.807, 2.05) is 13.8 Å². The van der Waals surface area contributed by atoms with Crippen LogP contribution in [-0.2, 0) is 4.18 Å². The van der Waals surface area contributed by atoms with E-state index < -0.39 is 0 Å². The molecule has 0 radical (unpaired) electrons. The summed E-state index contributed by atoms with van der Waals surface area (Å²) in [4.78, 5) is 0. The topological polar surface area (TPSA) is 35.2 Å². The third-order valence-corrected chi connectivity index (χ3v) is 2.59. The van der Waals surface area contributed by atoms with Crippen molar-refractivity contribution in [2.45, 2.75) is 51.4 Å². The molecule has 74 valence electrons. The molecule has 0 unspecified atom stereocenters. The maximum Gasteiger partial charge on any atom is 0.0666 e. The van der Waals surface area contributed by atoms with Gasteiger partial charge >= 0.3 is 0 Å². The lowest BCUT2D eigenvalue weighted by Gasteiger charge is -2.23. The number of nitrogens with two attached hydrogens (primary N) is 1. The first kappa shape index (κ1) is 12.3. The fourth-order valence-corrected chi connectivity index (χ4v) is 1.48. The van der Waals surface area contributed by atoms with Crippen LogP contribution in [0.5, 0.6) is 0 Å². The van der Waals surface area contributed by atoms with Crippen LogP contribution >= 0.6 is 12.0 Å². The average Bonchev–Trinajstić information content (AvgIpc) is 1.98. The van der Waals surface area contributed by atoms with Crippen molar-refractivity contribution in [3.8, 4) is 0 Å². The maximum atomic E-state index is 5.48. The molecule has 0 aromatic rings. The average molecular weight is 191 g/mol. The van der Waals surface area contributed by atoms with Gasteiger partial charge < -0.3 is 9.92 Å². The van der Waals surface area contributed by atoms with Crippen molar-refractivity contribution in [2.75, 3.05) is 6.54 Å². The first-order valence-electron chi connectivity index (χ1n) is 4.52. The lowest BCUT2D eigenvalue weighted by atomic mass is 10.1. The highest BCUT2D eigenvalue weighted by atomic mass is 32.2. The van der Waals surface area contributed by atoms with Crippen molar-refractivity contribution in [3.63, 3.8) is 0 Å². The quantitative estimate of drug-likeness (QED) is 0.655. The molecule has 0 aromatic carbocycles. The van der Waals surface area contributed by atoms with E-state index in [1.165, 1.54) is 0 Å². The molecule has 3 heteroatoms. The van der Waals surface area contributed by atoms with Crippen LogP contribution in [0.2, 0.25) is 0 Å². The Balaban J connectivity index is 3.56. The first-order chi connectivity index (χ1) is 5.48. The Morgan fingerprint density at radius 1 is 1.42 bits per heavy atom. The summed E-state index contributed by atoms with van der Waals surface area (Å²) < 4.78 is 5.68. The van der Waals surface area contributed by atoms with Crippen molar-refractivity contribution < 1.29 is 4.18 Å². The van der Waals surface area contributed by atoms with E-state index in [2.05, 4.69) is 13.8 Å². The fraction of sp³-hybridized carbons (Fsp3) is 1.00. The Bertz CT molecular complexity index is 115. The summed E-state index contributed by atoms with van der Waals surface area (Å²) in [6, 6.07) is 0. The molecule has 12 heavy (non-hydrogen) atoms. The zero-order valence-corrected chi connectivity index (χ0v) is 9.41. The smallest absolute Gasteiger partial charge is 0.0666 e. The lowest BCUT2D eigenvalue weighted by molar-refractivity contribution is 0.281. The van der Waals surface area contributed by atoms with Gasteiger partial charge in [0.15, 0.2) is 0 Å². The van der Waals surface area contributed by atoms with Gasteiger partial charge in [0.2, 0.25) is 0 Å². The highest BCUT2D eigenvalue weighted by Gasteiger charge is 2.19. The molecule has 0 heterocycles. The maximum absolute atomic E-state index is 5.48. The summed E-state index contributed by atoms with van der Waals surface area (Å²) >= 11 is 1.57. The second kappa shape index (κ2) is 5.84. The molecule has 0 saturated carbocycles. The van der Waals surface area contributed by atoms with E-state index in [0.717, 1.165) is 19.4 Å². The van der Waals surface area contributed by atoms with Crippen molar-refractivity contribution >= 4 is 12.0 Å². The van der Waals surface area contributed by atoms with Gasteiger partial charge in [-0.25, -0.2) is 0 Å². The highest BCUT2D eigenvalue weighted by Crippen LogP contribution is 2.30. The van der Waals surface area contributed by atoms with Crippen LogP contribution in [0, 0.1) is 0 Å². The van der Waals surface area contributed by atoms with E-state index in [4.69, 9.17) is 9.92 Å². The van der Waals surface area contributed by atoms with Crippen molar-refractivity contribution in [3.05, 3.63) is 0 Å². The van der Waals surface area contributed by atoms with Crippen LogP contribution in [0.4, 0.5) is 0 Å². The SMILES string of the molecule is CC(C)OSC(C)(C)CCCN. The third kappa shape index (κ3) is 6.95. The molecule has 0 aliphatic heterocycles. The van der Waals surface area contributed by atoms with Crippen LogP contribution in [0.25, 0.3) is 0 Å². The Hall–Kier alpha value is 0.270.